The standard InChI is InChI=1S/C9H11IN2O2/c10-8-3-9(12-6-11-8)14-5-7-1-2-13-4-7/h3,6-7H,1-2,4-5H2. The molecule has 1 atom stereocenters. The molecule has 1 saturated heterocycles. The van der Waals surface area contributed by atoms with E-state index in [1.165, 1.54) is 6.33 Å². The zero-order chi connectivity index (χ0) is 9.80. The van der Waals surface area contributed by atoms with Crippen molar-refractivity contribution in [2.75, 3.05) is 19.8 Å². The predicted octanol–water partition coefficient (Wildman–Crippen LogP) is 1.50. The van der Waals surface area contributed by atoms with Gasteiger partial charge in [0, 0.05) is 18.6 Å². The lowest BCUT2D eigenvalue weighted by atomic mass is 10.1. The number of ether oxygens (including phenoxy) is 2. The van der Waals surface area contributed by atoms with Crippen LogP contribution in [0.3, 0.4) is 0 Å². The summed E-state index contributed by atoms with van der Waals surface area (Å²) < 4.78 is 11.7. The second-order valence-corrected chi connectivity index (χ2v) is 4.32. The topological polar surface area (TPSA) is 44.2 Å². The van der Waals surface area contributed by atoms with E-state index in [0.29, 0.717) is 18.4 Å². The van der Waals surface area contributed by atoms with Crippen molar-refractivity contribution in [3.63, 3.8) is 0 Å². The zero-order valence-corrected chi connectivity index (χ0v) is 9.81. The van der Waals surface area contributed by atoms with Gasteiger partial charge in [-0.3, -0.25) is 0 Å². The largest absolute Gasteiger partial charge is 0.477 e. The maximum atomic E-state index is 5.53. The molecular weight excluding hydrogens is 295 g/mol. The van der Waals surface area contributed by atoms with Crippen LogP contribution in [0.15, 0.2) is 12.4 Å². The third-order valence-corrected chi connectivity index (χ3v) is 2.69. The van der Waals surface area contributed by atoms with E-state index in [2.05, 4.69) is 32.6 Å². The van der Waals surface area contributed by atoms with E-state index < -0.39 is 0 Å². The number of hydrogen-bond donors (Lipinski definition) is 0. The minimum absolute atomic E-state index is 0.516. The lowest BCUT2D eigenvalue weighted by Gasteiger charge is -2.08. The van der Waals surface area contributed by atoms with Crippen molar-refractivity contribution in [3.8, 4) is 5.88 Å². The molecule has 0 spiro atoms. The minimum atomic E-state index is 0.516. The predicted molar refractivity (Wildman–Crippen MR) is 59.2 cm³/mol. The minimum Gasteiger partial charge on any atom is -0.477 e. The Hall–Kier alpha value is -0.430. The molecule has 1 unspecified atom stereocenters. The van der Waals surface area contributed by atoms with Crippen molar-refractivity contribution in [2.24, 2.45) is 5.92 Å². The Morgan fingerprint density at radius 1 is 1.57 bits per heavy atom. The smallest absolute Gasteiger partial charge is 0.217 e. The number of rotatable bonds is 3. The normalized spacial score (nSPS) is 21.1. The fraction of sp³-hybridized carbons (Fsp3) is 0.556. The summed E-state index contributed by atoms with van der Waals surface area (Å²) in [5.41, 5.74) is 0. The van der Waals surface area contributed by atoms with Crippen LogP contribution in [0.4, 0.5) is 0 Å². The monoisotopic (exact) mass is 306 g/mol. The fourth-order valence-electron chi connectivity index (χ4n) is 1.31. The van der Waals surface area contributed by atoms with Crippen LogP contribution in [-0.2, 0) is 4.74 Å². The van der Waals surface area contributed by atoms with Gasteiger partial charge in [-0.1, -0.05) is 0 Å². The Kier molecular flexibility index (Phi) is 3.52. The molecule has 1 fully saturated rings. The number of aromatic nitrogens is 2. The lowest BCUT2D eigenvalue weighted by molar-refractivity contribution is 0.165. The maximum absolute atomic E-state index is 5.53. The molecule has 2 rings (SSSR count). The van der Waals surface area contributed by atoms with Gasteiger partial charge in [0.15, 0.2) is 0 Å². The Balaban J connectivity index is 1.85. The summed E-state index contributed by atoms with van der Waals surface area (Å²) in [4.78, 5) is 8.01. The molecule has 0 bridgehead atoms. The van der Waals surface area contributed by atoms with E-state index in [9.17, 15) is 0 Å². The molecule has 14 heavy (non-hydrogen) atoms. The molecule has 0 N–H and O–H groups in total. The summed E-state index contributed by atoms with van der Waals surface area (Å²) in [6.07, 6.45) is 2.60. The van der Waals surface area contributed by atoms with Crippen molar-refractivity contribution in [2.45, 2.75) is 6.42 Å². The van der Waals surface area contributed by atoms with Gasteiger partial charge in [0.2, 0.25) is 5.88 Å². The highest BCUT2D eigenvalue weighted by Gasteiger charge is 2.16. The summed E-state index contributed by atoms with van der Waals surface area (Å²) in [7, 11) is 0. The highest BCUT2D eigenvalue weighted by atomic mass is 127. The third kappa shape index (κ3) is 2.78. The van der Waals surface area contributed by atoms with Crippen molar-refractivity contribution in [1.29, 1.82) is 0 Å². The summed E-state index contributed by atoms with van der Waals surface area (Å²) in [6, 6.07) is 1.83. The lowest BCUT2D eigenvalue weighted by Crippen LogP contribution is -2.12. The second kappa shape index (κ2) is 4.88. The molecule has 4 nitrogen and oxygen atoms in total. The number of nitrogens with zero attached hydrogens (tertiary/aromatic N) is 2. The summed E-state index contributed by atoms with van der Waals surface area (Å²) >= 11 is 2.14. The second-order valence-electron chi connectivity index (χ2n) is 3.22. The molecule has 1 aromatic heterocycles. The fourth-order valence-corrected chi connectivity index (χ4v) is 1.71. The average molecular weight is 306 g/mol. The maximum Gasteiger partial charge on any atom is 0.217 e. The van der Waals surface area contributed by atoms with Crippen LogP contribution < -0.4 is 4.74 Å². The highest BCUT2D eigenvalue weighted by Crippen LogP contribution is 2.15. The van der Waals surface area contributed by atoms with Crippen LogP contribution in [0.5, 0.6) is 5.88 Å². The van der Waals surface area contributed by atoms with Gasteiger partial charge in [-0.05, 0) is 29.0 Å². The van der Waals surface area contributed by atoms with Crippen LogP contribution in [0, 0.1) is 9.62 Å². The van der Waals surface area contributed by atoms with Crippen LogP contribution in [-0.4, -0.2) is 29.8 Å². The molecule has 0 saturated carbocycles. The van der Waals surface area contributed by atoms with Gasteiger partial charge in [-0.15, -0.1) is 0 Å². The molecule has 5 heteroatoms. The summed E-state index contributed by atoms with van der Waals surface area (Å²) in [5.74, 6) is 1.17. The average Bonchev–Trinajstić information content (AvgIpc) is 2.67. The van der Waals surface area contributed by atoms with E-state index in [0.717, 1.165) is 23.3 Å². The van der Waals surface area contributed by atoms with Crippen LogP contribution >= 0.6 is 22.6 Å². The van der Waals surface area contributed by atoms with Crippen LogP contribution in [0.25, 0.3) is 0 Å². The molecule has 0 aliphatic carbocycles. The molecule has 0 radical (unpaired) electrons. The first kappa shape index (κ1) is 10.1. The Labute approximate surface area is 96.2 Å². The molecule has 1 aromatic rings. The van der Waals surface area contributed by atoms with Crippen molar-refractivity contribution < 1.29 is 9.47 Å². The summed E-state index contributed by atoms with van der Waals surface area (Å²) in [6.45, 7) is 2.35. The molecule has 76 valence electrons. The van der Waals surface area contributed by atoms with E-state index in [1.807, 2.05) is 6.07 Å². The third-order valence-electron chi connectivity index (χ3n) is 2.10. The highest BCUT2D eigenvalue weighted by molar-refractivity contribution is 14.1. The molecule has 1 aliphatic heterocycles. The molecule has 0 aromatic carbocycles. The number of hydrogen-bond acceptors (Lipinski definition) is 4. The van der Waals surface area contributed by atoms with E-state index in [-0.39, 0.29) is 0 Å². The quantitative estimate of drug-likeness (QED) is 0.627. The SMILES string of the molecule is Ic1cc(OCC2CCOC2)ncn1. The van der Waals surface area contributed by atoms with Crippen molar-refractivity contribution in [3.05, 3.63) is 16.1 Å². The van der Waals surface area contributed by atoms with E-state index in [1.54, 1.807) is 0 Å². The van der Waals surface area contributed by atoms with E-state index in [4.69, 9.17) is 9.47 Å². The van der Waals surface area contributed by atoms with Gasteiger partial charge < -0.3 is 9.47 Å². The first-order valence-electron chi connectivity index (χ1n) is 4.52. The van der Waals surface area contributed by atoms with Gasteiger partial charge >= 0.3 is 0 Å². The van der Waals surface area contributed by atoms with Gasteiger partial charge in [0.25, 0.3) is 0 Å². The molecule has 2 heterocycles. The van der Waals surface area contributed by atoms with Crippen molar-refractivity contribution >= 4 is 22.6 Å². The van der Waals surface area contributed by atoms with Gasteiger partial charge in [0.1, 0.15) is 10.0 Å². The molecule has 0 amide bonds. The number of halogens is 1. The first-order valence-corrected chi connectivity index (χ1v) is 5.60. The molecular formula is C9H11IN2O2. The van der Waals surface area contributed by atoms with Gasteiger partial charge in [0.05, 0.1) is 13.2 Å². The Bertz CT molecular complexity index is 303. The Morgan fingerprint density at radius 3 is 3.21 bits per heavy atom. The van der Waals surface area contributed by atoms with Gasteiger partial charge in [-0.25, -0.2) is 9.97 Å². The van der Waals surface area contributed by atoms with Crippen molar-refractivity contribution in [1.82, 2.24) is 9.97 Å². The van der Waals surface area contributed by atoms with Crippen LogP contribution in [0.2, 0.25) is 0 Å². The summed E-state index contributed by atoms with van der Waals surface area (Å²) in [5, 5.41) is 0. The Morgan fingerprint density at radius 2 is 2.50 bits per heavy atom. The van der Waals surface area contributed by atoms with Crippen LogP contribution in [0.1, 0.15) is 6.42 Å². The van der Waals surface area contributed by atoms with Gasteiger partial charge in [-0.2, -0.15) is 0 Å². The zero-order valence-electron chi connectivity index (χ0n) is 7.65. The molecule has 1 aliphatic rings. The first-order chi connectivity index (χ1) is 6.84. The van der Waals surface area contributed by atoms with E-state index >= 15 is 0 Å².